The average molecular weight is 536 g/mol. The van der Waals surface area contributed by atoms with E-state index in [2.05, 4.69) is 37.1 Å². The number of likely N-dealkylation sites (tertiary alicyclic amines) is 1. The van der Waals surface area contributed by atoms with E-state index in [1.165, 1.54) is 24.0 Å². The number of methoxy groups -OCH3 is 1. The molecule has 0 amide bonds. The molecule has 1 saturated heterocycles. The highest BCUT2D eigenvalue weighted by Crippen LogP contribution is 2.31. The zero-order chi connectivity index (χ0) is 25.6. The average Bonchev–Trinajstić information content (AvgIpc) is 3.42. The van der Waals surface area contributed by atoms with Crippen molar-refractivity contribution in [3.8, 4) is 5.75 Å². The van der Waals surface area contributed by atoms with E-state index in [1.54, 1.807) is 25.1 Å². The second-order valence-corrected chi connectivity index (χ2v) is 10.7. The topological polar surface area (TPSA) is 53.5 Å². The first-order valence-electron chi connectivity index (χ1n) is 12.3. The van der Waals surface area contributed by atoms with Crippen molar-refractivity contribution in [2.75, 3.05) is 29.8 Å². The van der Waals surface area contributed by atoms with Crippen LogP contribution in [0.2, 0.25) is 0 Å². The molecule has 4 aromatic rings. The van der Waals surface area contributed by atoms with Gasteiger partial charge in [-0.2, -0.15) is 4.37 Å². The summed E-state index contributed by atoms with van der Waals surface area (Å²) in [7, 11) is 1.67. The summed E-state index contributed by atoms with van der Waals surface area (Å²) in [5.74, 6) is 1.56. The molecule has 0 aliphatic carbocycles. The lowest BCUT2D eigenvalue weighted by Crippen LogP contribution is -2.36. The Morgan fingerprint density at radius 1 is 1.16 bits per heavy atom. The lowest BCUT2D eigenvalue weighted by Gasteiger charge is -2.31. The van der Waals surface area contributed by atoms with Gasteiger partial charge in [0, 0.05) is 36.0 Å². The van der Waals surface area contributed by atoms with Gasteiger partial charge in [0.2, 0.25) is 0 Å². The Hall–Kier alpha value is -3.14. The van der Waals surface area contributed by atoms with Crippen LogP contribution in [-0.2, 0) is 19.6 Å². The highest BCUT2D eigenvalue weighted by Gasteiger charge is 2.18. The second kappa shape index (κ2) is 11.9. The van der Waals surface area contributed by atoms with Crippen LogP contribution < -0.4 is 14.4 Å². The number of hydrogen-bond acceptors (Lipinski definition) is 8. The molecule has 1 fully saturated rings. The lowest BCUT2D eigenvalue weighted by molar-refractivity contribution is 0.172. The SMILES string of the molecule is COc1ccc(CN(Sc2cc(C)c(NCc3c(F)cccc3CN3CCC3)cn2)c2ccsn2)cc1. The highest BCUT2D eigenvalue weighted by molar-refractivity contribution is 8.00. The number of aromatic nitrogens is 2. The van der Waals surface area contributed by atoms with Gasteiger partial charge in [-0.25, -0.2) is 9.37 Å². The smallest absolute Gasteiger partial charge is 0.152 e. The molecule has 9 heteroatoms. The van der Waals surface area contributed by atoms with E-state index in [9.17, 15) is 4.39 Å². The Bertz CT molecular complexity index is 1310. The summed E-state index contributed by atoms with van der Waals surface area (Å²) in [5, 5.41) is 6.26. The molecule has 5 rings (SSSR count). The summed E-state index contributed by atoms with van der Waals surface area (Å²) in [4.78, 5) is 7.04. The van der Waals surface area contributed by atoms with Gasteiger partial charge in [-0.1, -0.05) is 24.3 Å². The van der Waals surface area contributed by atoms with Gasteiger partial charge in [0.1, 0.15) is 16.6 Å². The normalized spacial score (nSPS) is 13.3. The molecule has 6 nitrogen and oxygen atoms in total. The first-order chi connectivity index (χ1) is 18.1. The quantitative estimate of drug-likeness (QED) is 0.219. The van der Waals surface area contributed by atoms with Crippen LogP contribution in [0.15, 0.2) is 71.2 Å². The van der Waals surface area contributed by atoms with Gasteiger partial charge < -0.3 is 10.1 Å². The summed E-state index contributed by atoms with van der Waals surface area (Å²) in [5.41, 5.74) is 4.87. The molecule has 2 aromatic heterocycles. The van der Waals surface area contributed by atoms with Crippen LogP contribution in [0.3, 0.4) is 0 Å². The van der Waals surface area contributed by atoms with E-state index in [-0.39, 0.29) is 5.82 Å². The largest absolute Gasteiger partial charge is 0.497 e. The Labute approximate surface area is 225 Å². The maximum absolute atomic E-state index is 14.7. The Morgan fingerprint density at radius 2 is 2.00 bits per heavy atom. The van der Waals surface area contributed by atoms with E-state index >= 15 is 0 Å². The van der Waals surface area contributed by atoms with Gasteiger partial charge in [-0.15, -0.1) is 0 Å². The van der Waals surface area contributed by atoms with Crippen molar-refractivity contribution in [3.63, 3.8) is 0 Å². The Balaban J connectivity index is 1.27. The number of ether oxygens (including phenoxy) is 1. The van der Waals surface area contributed by atoms with Crippen molar-refractivity contribution in [3.05, 3.63) is 94.2 Å². The Morgan fingerprint density at radius 3 is 2.68 bits per heavy atom. The second-order valence-electron chi connectivity index (χ2n) is 9.03. The van der Waals surface area contributed by atoms with E-state index in [4.69, 9.17) is 9.72 Å². The van der Waals surface area contributed by atoms with Crippen LogP contribution >= 0.6 is 23.5 Å². The minimum atomic E-state index is -0.166. The third-order valence-electron chi connectivity index (χ3n) is 6.47. The maximum atomic E-state index is 14.7. The number of aryl methyl sites for hydroxylation is 1. The number of nitrogens with zero attached hydrogens (tertiary/aromatic N) is 4. The minimum absolute atomic E-state index is 0.166. The monoisotopic (exact) mass is 535 g/mol. The number of rotatable bonds is 11. The molecule has 192 valence electrons. The predicted octanol–water partition coefficient (Wildman–Crippen LogP) is 6.53. The van der Waals surface area contributed by atoms with Crippen molar-refractivity contribution in [2.24, 2.45) is 0 Å². The van der Waals surface area contributed by atoms with E-state index in [0.29, 0.717) is 13.1 Å². The fraction of sp³-hybridized carbons (Fsp3) is 0.286. The third kappa shape index (κ3) is 6.41. The molecule has 1 aliphatic heterocycles. The molecule has 3 heterocycles. The molecule has 0 unspecified atom stereocenters. The van der Waals surface area contributed by atoms with Crippen LogP contribution in [0.25, 0.3) is 0 Å². The number of hydrogen-bond donors (Lipinski definition) is 1. The lowest BCUT2D eigenvalue weighted by atomic mass is 10.0. The molecule has 0 radical (unpaired) electrons. The molecule has 1 aliphatic rings. The van der Waals surface area contributed by atoms with Gasteiger partial charge in [0.25, 0.3) is 0 Å². The van der Waals surface area contributed by atoms with Crippen LogP contribution in [-0.4, -0.2) is 34.5 Å². The Kier molecular flexibility index (Phi) is 8.23. The van der Waals surface area contributed by atoms with Crippen molar-refractivity contribution in [1.29, 1.82) is 0 Å². The molecule has 2 aromatic carbocycles. The van der Waals surface area contributed by atoms with Crippen LogP contribution in [0.4, 0.5) is 15.9 Å². The van der Waals surface area contributed by atoms with Gasteiger partial charge in [-0.05, 0) is 85.0 Å². The van der Waals surface area contributed by atoms with E-state index in [0.717, 1.165) is 64.2 Å². The molecule has 37 heavy (non-hydrogen) atoms. The summed E-state index contributed by atoms with van der Waals surface area (Å²) < 4.78 is 26.6. The van der Waals surface area contributed by atoms with Gasteiger partial charge in [-0.3, -0.25) is 9.21 Å². The first-order valence-corrected chi connectivity index (χ1v) is 13.9. The van der Waals surface area contributed by atoms with Crippen molar-refractivity contribution < 1.29 is 9.13 Å². The van der Waals surface area contributed by atoms with Gasteiger partial charge in [0.15, 0.2) is 5.82 Å². The fourth-order valence-corrected chi connectivity index (χ4v) is 5.71. The molecular weight excluding hydrogens is 505 g/mol. The van der Waals surface area contributed by atoms with Crippen LogP contribution in [0, 0.1) is 12.7 Å². The molecule has 0 atom stereocenters. The first kappa shape index (κ1) is 25.5. The number of benzene rings is 2. The minimum Gasteiger partial charge on any atom is -0.497 e. The highest BCUT2D eigenvalue weighted by atomic mass is 32.2. The van der Waals surface area contributed by atoms with E-state index < -0.39 is 0 Å². The summed E-state index contributed by atoms with van der Waals surface area (Å²) in [6.07, 6.45) is 3.05. The molecular formula is C28H30FN5OS2. The van der Waals surface area contributed by atoms with Crippen molar-refractivity contribution in [2.45, 2.75) is 38.0 Å². The number of anilines is 2. The number of pyridine rings is 1. The summed E-state index contributed by atoms with van der Waals surface area (Å²) in [6.45, 7) is 6.11. The molecule has 0 spiro atoms. The van der Waals surface area contributed by atoms with Crippen LogP contribution in [0.5, 0.6) is 5.75 Å². The summed E-state index contributed by atoms with van der Waals surface area (Å²) >= 11 is 2.98. The maximum Gasteiger partial charge on any atom is 0.152 e. The zero-order valence-corrected chi connectivity index (χ0v) is 22.6. The summed E-state index contributed by atoms with van der Waals surface area (Å²) in [6, 6.07) is 17.5. The molecule has 1 N–H and O–H groups in total. The van der Waals surface area contributed by atoms with Gasteiger partial charge in [0.05, 0.1) is 25.5 Å². The fourth-order valence-electron chi connectivity index (χ4n) is 4.18. The molecule has 0 bridgehead atoms. The number of halogens is 1. The van der Waals surface area contributed by atoms with E-state index in [1.807, 2.05) is 42.8 Å². The van der Waals surface area contributed by atoms with Gasteiger partial charge >= 0.3 is 0 Å². The van der Waals surface area contributed by atoms with Crippen LogP contribution in [0.1, 0.15) is 28.7 Å². The standard InChI is InChI=1S/C28H30FN5OS2/c1-20-15-28(37-34(27-11-14-36-32-27)18-21-7-9-23(35-2)10-8-21)31-17-26(20)30-16-24-22(5-3-6-25(24)29)19-33-12-4-13-33/h3,5-11,14-15,17,30H,4,12-13,16,18-19H2,1-2H3. The van der Waals surface area contributed by atoms with Crippen molar-refractivity contribution in [1.82, 2.24) is 14.3 Å². The van der Waals surface area contributed by atoms with Crippen molar-refractivity contribution >= 4 is 35.0 Å². The number of nitrogens with one attached hydrogen (secondary N) is 1. The zero-order valence-electron chi connectivity index (χ0n) is 21.0. The third-order valence-corrected chi connectivity index (χ3v) is 7.97. The molecule has 0 saturated carbocycles. The predicted molar refractivity (Wildman–Crippen MR) is 150 cm³/mol.